The molecule has 0 aliphatic carbocycles. The zero-order valence-corrected chi connectivity index (χ0v) is 12.0. The molecule has 0 saturated carbocycles. The van der Waals surface area contributed by atoms with Crippen LogP contribution in [-0.2, 0) is 14.3 Å². The highest BCUT2D eigenvalue weighted by atomic mass is 32.2. The van der Waals surface area contributed by atoms with Crippen LogP contribution in [0, 0.1) is 0 Å². The highest BCUT2D eigenvalue weighted by Crippen LogP contribution is 2.23. The molecule has 0 aliphatic rings. The summed E-state index contributed by atoms with van der Waals surface area (Å²) in [6.07, 6.45) is 0.949. The van der Waals surface area contributed by atoms with Crippen LogP contribution in [0.5, 0.6) is 5.75 Å². The molecule has 1 N–H and O–H groups in total. The van der Waals surface area contributed by atoms with Gasteiger partial charge in [0.2, 0.25) is 0 Å². The minimum absolute atomic E-state index is 0.228. The molecule has 6 heteroatoms. The molecule has 1 unspecified atom stereocenters. The topological polar surface area (TPSA) is 64.6 Å². The van der Waals surface area contributed by atoms with Crippen molar-refractivity contribution in [3.63, 3.8) is 0 Å². The van der Waals surface area contributed by atoms with Crippen molar-refractivity contribution >= 4 is 29.3 Å². The van der Waals surface area contributed by atoms with E-state index in [2.05, 4.69) is 5.32 Å². The van der Waals surface area contributed by atoms with Crippen molar-refractivity contribution in [2.75, 3.05) is 24.4 Å². The first-order chi connectivity index (χ1) is 9.08. The normalized spacial score (nSPS) is 11.5. The average molecular weight is 283 g/mol. The number of methoxy groups -OCH3 is 1. The Morgan fingerprint density at radius 2 is 2.05 bits per heavy atom. The number of carbonyl (C=O) groups excluding carboxylic acids is 2. The summed E-state index contributed by atoms with van der Waals surface area (Å²) >= 11 is 1.35. The Balaban J connectivity index is 2.61. The van der Waals surface area contributed by atoms with Gasteiger partial charge in [-0.2, -0.15) is 11.8 Å². The Morgan fingerprint density at radius 3 is 2.68 bits per heavy atom. The second-order valence-electron chi connectivity index (χ2n) is 3.75. The van der Waals surface area contributed by atoms with Gasteiger partial charge in [0.25, 0.3) is 5.91 Å². The molecule has 0 saturated heterocycles. The molecule has 19 heavy (non-hydrogen) atoms. The van der Waals surface area contributed by atoms with Crippen LogP contribution in [0.2, 0.25) is 0 Å². The minimum Gasteiger partial charge on any atom is -0.495 e. The van der Waals surface area contributed by atoms with Crippen molar-refractivity contribution in [1.29, 1.82) is 0 Å². The predicted octanol–water partition coefficient (Wildman–Crippen LogP) is 1.93. The van der Waals surface area contributed by atoms with E-state index in [1.165, 1.54) is 25.8 Å². The molecule has 0 bridgehead atoms. The van der Waals surface area contributed by atoms with Gasteiger partial charge in [-0.3, -0.25) is 9.59 Å². The molecule has 0 aromatic heterocycles. The van der Waals surface area contributed by atoms with Gasteiger partial charge in [0.1, 0.15) is 5.75 Å². The SMILES string of the molecule is COc1ccccc1NC(=O)C(C)OC(=O)CSC. The Morgan fingerprint density at radius 1 is 1.37 bits per heavy atom. The van der Waals surface area contributed by atoms with E-state index in [1.54, 1.807) is 30.5 Å². The number of hydrogen-bond donors (Lipinski definition) is 1. The zero-order valence-electron chi connectivity index (χ0n) is 11.1. The van der Waals surface area contributed by atoms with E-state index in [1.807, 2.05) is 0 Å². The van der Waals surface area contributed by atoms with Crippen LogP contribution in [0.3, 0.4) is 0 Å². The Labute approximate surface area is 116 Å². The van der Waals surface area contributed by atoms with E-state index in [4.69, 9.17) is 9.47 Å². The minimum atomic E-state index is -0.843. The maximum atomic E-state index is 11.9. The number of ether oxygens (including phenoxy) is 2. The molecule has 0 fully saturated rings. The van der Waals surface area contributed by atoms with Gasteiger partial charge in [0, 0.05) is 0 Å². The maximum Gasteiger partial charge on any atom is 0.316 e. The van der Waals surface area contributed by atoms with Crippen LogP contribution in [-0.4, -0.2) is 37.1 Å². The van der Waals surface area contributed by atoms with Gasteiger partial charge in [-0.25, -0.2) is 0 Å². The molecule has 0 heterocycles. The van der Waals surface area contributed by atoms with Crippen LogP contribution in [0.4, 0.5) is 5.69 Å². The first-order valence-electron chi connectivity index (χ1n) is 5.70. The summed E-state index contributed by atoms with van der Waals surface area (Å²) in [6, 6.07) is 7.03. The van der Waals surface area contributed by atoms with Crippen LogP contribution >= 0.6 is 11.8 Å². The third-order valence-corrected chi connectivity index (χ3v) is 2.83. The number of amides is 1. The summed E-state index contributed by atoms with van der Waals surface area (Å²) in [4.78, 5) is 23.2. The molecule has 1 amide bonds. The van der Waals surface area contributed by atoms with E-state index in [9.17, 15) is 9.59 Å². The van der Waals surface area contributed by atoms with Crippen LogP contribution in [0.15, 0.2) is 24.3 Å². The number of rotatable bonds is 6. The molecule has 1 aromatic rings. The lowest BCUT2D eigenvalue weighted by Gasteiger charge is -2.14. The molecule has 0 aliphatic heterocycles. The summed E-state index contributed by atoms with van der Waals surface area (Å²) in [5.74, 6) is -0.0145. The van der Waals surface area contributed by atoms with Gasteiger partial charge in [-0.1, -0.05) is 12.1 Å². The second-order valence-corrected chi connectivity index (χ2v) is 4.62. The third-order valence-electron chi connectivity index (χ3n) is 2.30. The van der Waals surface area contributed by atoms with Crippen LogP contribution in [0.25, 0.3) is 0 Å². The van der Waals surface area contributed by atoms with E-state index >= 15 is 0 Å². The molecule has 104 valence electrons. The standard InChI is InChI=1S/C13H17NO4S/c1-9(18-12(15)8-19-3)13(16)14-10-6-4-5-7-11(10)17-2/h4-7,9H,8H2,1-3H3,(H,14,16). The molecule has 1 rings (SSSR count). The van der Waals surface area contributed by atoms with Crippen molar-refractivity contribution in [2.24, 2.45) is 0 Å². The summed E-state index contributed by atoms with van der Waals surface area (Å²) in [7, 11) is 1.52. The van der Waals surface area contributed by atoms with Crippen molar-refractivity contribution in [3.8, 4) is 5.75 Å². The first-order valence-corrected chi connectivity index (χ1v) is 7.10. The summed E-state index contributed by atoms with van der Waals surface area (Å²) in [5.41, 5.74) is 0.544. The highest BCUT2D eigenvalue weighted by Gasteiger charge is 2.18. The lowest BCUT2D eigenvalue weighted by atomic mass is 10.2. The fourth-order valence-corrected chi connectivity index (χ4v) is 1.69. The number of hydrogen-bond acceptors (Lipinski definition) is 5. The third kappa shape index (κ3) is 4.82. The van der Waals surface area contributed by atoms with E-state index in [0.29, 0.717) is 11.4 Å². The molecule has 0 spiro atoms. The maximum absolute atomic E-state index is 11.9. The number of nitrogens with one attached hydrogen (secondary N) is 1. The first kappa shape index (κ1) is 15.4. The van der Waals surface area contributed by atoms with E-state index in [0.717, 1.165) is 0 Å². The highest BCUT2D eigenvalue weighted by molar-refractivity contribution is 7.99. The largest absolute Gasteiger partial charge is 0.495 e. The van der Waals surface area contributed by atoms with Crippen molar-refractivity contribution in [1.82, 2.24) is 0 Å². The van der Waals surface area contributed by atoms with Gasteiger partial charge in [-0.05, 0) is 25.3 Å². The Hall–Kier alpha value is -1.69. The molecular weight excluding hydrogens is 266 g/mol. The summed E-state index contributed by atoms with van der Waals surface area (Å²) < 4.78 is 10.1. The molecular formula is C13H17NO4S. The Kier molecular flexibility index (Phi) is 6.21. The fraction of sp³-hybridized carbons (Fsp3) is 0.385. The summed E-state index contributed by atoms with van der Waals surface area (Å²) in [5, 5.41) is 2.66. The molecule has 1 aromatic carbocycles. The van der Waals surface area contributed by atoms with Crippen LogP contribution in [0.1, 0.15) is 6.92 Å². The fourth-order valence-electron chi connectivity index (χ4n) is 1.38. The Bertz CT molecular complexity index is 450. The quantitative estimate of drug-likeness (QED) is 0.808. The van der Waals surface area contributed by atoms with Crippen molar-refractivity contribution in [2.45, 2.75) is 13.0 Å². The second kappa shape index (κ2) is 7.68. The monoisotopic (exact) mass is 283 g/mol. The van der Waals surface area contributed by atoms with E-state index < -0.39 is 12.1 Å². The van der Waals surface area contributed by atoms with Gasteiger partial charge in [-0.15, -0.1) is 0 Å². The number of esters is 1. The lowest BCUT2D eigenvalue weighted by Crippen LogP contribution is -2.30. The number of thioether (sulfide) groups is 1. The number of anilines is 1. The number of para-hydroxylation sites is 2. The number of benzene rings is 1. The van der Waals surface area contributed by atoms with Gasteiger partial charge in [0.05, 0.1) is 18.6 Å². The van der Waals surface area contributed by atoms with Crippen LogP contribution < -0.4 is 10.1 Å². The smallest absolute Gasteiger partial charge is 0.316 e. The predicted molar refractivity (Wildman–Crippen MR) is 75.6 cm³/mol. The molecule has 0 radical (unpaired) electrons. The summed E-state index contributed by atoms with van der Waals surface area (Å²) in [6.45, 7) is 1.53. The zero-order chi connectivity index (χ0) is 14.3. The lowest BCUT2D eigenvalue weighted by molar-refractivity contribution is -0.150. The van der Waals surface area contributed by atoms with Gasteiger partial charge in [0.15, 0.2) is 6.10 Å². The van der Waals surface area contributed by atoms with Gasteiger partial charge < -0.3 is 14.8 Å². The molecule has 1 atom stereocenters. The average Bonchev–Trinajstić information content (AvgIpc) is 2.39. The number of carbonyl (C=O) groups is 2. The van der Waals surface area contributed by atoms with E-state index in [-0.39, 0.29) is 11.7 Å². The van der Waals surface area contributed by atoms with Crippen molar-refractivity contribution < 1.29 is 19.1 Å². The van der Waals surface area contributed by atoms with Gasteiger partial charge >= 0.3 is 5.97 Å². The molecule has 5 nitrogen and oxygen atoms in total. The van der Waals surface area contributed by atoms with Crippen molar-refractivity contribution in [3.05, 3.63) is 24.3 Å².